The Morgan fingerprint density at radius 2 is 1.54 bits per heavy atom. The summed E-state index contributed by atoms with van der Waals surface area (Å²) in [5.41, 5.74) is 0. The van der Waals surface area contributed by atoms with Crippen LogP contribution in [0.3, 0.4) is 0 Å². The van der Waals surface area contributed by atoms with Crippen molar-refractivity contribution in [2.45, 2.75) is 111 Å². The van der Waals surface area contributed by atoms with Crippen molar-refractivity contribution in [2.24, 2.45) is 23.7 Å². The second-order valence-electron chi connectivity index (χ2n) is 13.9. The molecule has 12 heteroatoms. The number of ether oxygens (including phenoxy) is 2. The van der Waals surface area contributed by atoms with Gasteiger partial charge in [0.25, 0.3) is 0 Å². The van der Waals surface area contributed by atoms with Gasteiger partial charge in [-0.2, -0.15) is 0 Å². The highest BCUT2D eigenvalue weighted by atomic mass is 16.5. The van der Waals surface area contributed by atoms with Gasteiger partial charge in [0.2, 0.25) is 23.6 Å². The van der Waals surface area contributed by atoms with Crippen LogP contribution in [0.1, 0.15) is 74.1 Å². The van der Waals surface area contributed by atoms with Gasteiger partial charge in [-0.05, 0) is 51.7 Å². The number of rotatable bonds is 20. The molecule has 1 fully saturated rings. The zero-order valence-corrected chi connectivity index (χ0v) is 31.0. The first-order valence-electron chi connectivity index (χ1n) is 17.1. The first-order valence-corrected chi connectivity index (χ1v) is 17.1. The lowest BCUT2D eigenvalue weighted by molar-refractivity contribution is -0.148. The molecule has 1 heterocycles. The van der Waals surface area contributed by atoms with E-state index in [0.29, 0.717) is 19.6 Å². The van der Waals surface area contributed by atoms with E-state index in [2.05, 4.69) is 29.8 Å². The highest BCUT2D eigenvalue weighted by Gasteiger charge is 2.43. The third-order valence-electron chi connectivity index (χ3n) is 9.62. The first kappa shape index (κ1) is 41.7. The first-order chi connectivity index (χ1) is 21.6. The van der Waals surface area contributed by atoms with Gasteiger partial charge >= 0.3 is 0 Å². The van der Waals surface area contributed by atoms with Crippen LogP contribution < -0.4 is 16.0 Å². The third kappa shape index (κ3) is 11.2. The van der Waals surface area contributed by atoms with Crippen LogP contribution in [0.25, 0.3) is 0 Å². The second kappa shape index (κ2) is 20.2. The summed E-state index contributed by atoms with van der Waals surface area (Å²) in [4.78, 5) is 59.7. The molecule has 3 N–H and O–H groups in total. The number of nitrogens with zero attached hydrogens (tertiary/aromatic N) is 3. The van der Waals surface area contributed by atoms with Crippen molar-refractivity contribution in [1.82, 2.24) is 30.7 Å². The molecule has 0 saturated carbocycles. The summed E-state index contributed by atoms with van der Waals surface area (Å²) in [5.74, 6) is -1.10. The number of likely N-dealkylation sites (tertiary alicyclic amines) is 1. The maximum atomic E-state index is 14.1. The molecule has 46 heavy (non-hydrogen) atoms. The minimum absolute atomic E-state index is 0.0165. The molecule has 1 aliphatic rings. The smallest absolute Gasteiger partial charge is 0.245 e. The number of nitrogens with one attached hydrogen (secondary N) is 3. The number of hydrogen-bond donors (Lipinski definition) is 3. The number of methoxy groups -OCH3 is 2. The van der Waals surface area contributed by atoms with Crippen molar-refractivity contribution in [3.8, 4) is 0 Å². The van der Waals surface area contributed by atoms with Crippen molar-refractivity contribution in [2.75, 3.05) is 62.0 Å². The Bertz CT molecular complexity index is 954. The van der Waals surface area contributed by atoms with Gasteiger partial charge in [0.1, 0.15) is 6.04 Å². The SMILES string of the molecule is CC[C@H](C)[C@@H]([C@H](CC(=O)N1CCC[C@H]1C(OC)[C@@H](C)C(=O)NCCNC)OC)N(C)C(=O)[C@@H](NC(=O)[C@H](C(C)C)N(C)C)C(C)C. The molecular formula is C34H66N6O6. The fourth-order valence-electron chi connectivity index (χ4n) is 6.88. The van der Waals surface area contributed by atoms with E-state index in [4.69, 9.17) is 9.47 Å². The van der Waals surface area contributed by atoms with Gasteiger partial charge in [-0.25, -0.2) is 0 Å². The van der Waals surface area contributed by atoms with Crippen molar-refractivity contribution < 1.29 is 28.7 Å². The molecule has 0 aliphatic carbocycles. The monoisotopic (exact) mass is 655 g/mol. The summed E-state index contributed by atoms with van der Waals surface area (Å²) in [6.07, 6.45) is 1.37. The number of amides is 4. The highest BCUT2D eigenvalue weighted by molar-refractivity contribution is 5.90. The van der Waals surface area contributed by atoms with Gasteiger partial charge in [-0.15, -0.1) is 0 Å². The fourth-order valence-corrected chi connectivity index (χ4v) is 6.88. The van der Waals surface area contributed by atoms with Crippen molar-refractivity contribution in [3.05, 3.63) is 0 Å². The standard InChI is InChI=1S/C34H66N6O6/c1-14-23(6)30(39(11)34(44)28(21(2)3)37-33(43)29(22(4)5)38(9)10)26(45-12)20-27(41)40-19-15-16-25(40)31(46-13)24(7)32(42)36-18-17-35-8/h21-26,28-31,35H,14-20H2,1-13H3,(H,36,42)(H,37,43)/t23-,24+,25-,26-,28-,29-,30-,31?/m0/s1. The Balaban J connectivity index is 3.23. The van der Waals surface area contributed by atoms with E-state index in [-0.39, 0.29) is 59.9 Å². The zero-order chi connectivity index (χ0) is 35.3. The minimum atomic E-state index is -0.732. The number of hydrogen-bond acceptors (Lipinski definition) is 8. The van der Waals surface area contributed by atoms with Crippen LogP contribution in [-0.4, -0.2) is 137 Å². The maximum absolute atomic E-state index is 14.1. The Labute approximate surface area is 279 Å². The Kier molecular flexibility index (Phi) is 18.3. The van der Waals surface area contributed by atoms with Crippen molar-refractivity contribution >= 4 is 23.6 Å². The average Bonchev–Trinajstić information content (AvgIpc) is 3.48. The molecule has 0 aromatic carbocycles. The van der Waals surface area contributed by atoms with Crippen LogP contribution in [0.5, 0.6) is 0 Å². The van der Waals surface area contributed by atoms with Gasteiger partial charge in [-0.3, -0.25) is 24.1 Å². The van der Waals surface area contributed by atoms with Crippen molar-refractivity contribution in [3.63, 3.8) is 0 Å². The van der Waals surface area contributed by atoms with Gasteiger partial charge in [-0.1, -0.05) is 54.9 Å². The molecule has 4 amide bonds. The predicted octanol–water partition coefficient (Wildman–Crippen LogP) is 1.97. The van der Waals surface area contributed by atoms with Gasteiger partial charge in [0.05, 0.1) is 42.7 Å². The molecule has 8 atom stereocenters. The lowest BCUT2D eigenvalue weighted by atomic mass is 9.89. The number of carbonyl (C=O) groups is 4. The van der Waals surface area contributed by atoms with E-state index in [1.165, 1.54) is 0 Å². The Morgan fingerprint density at radius 1 is 0.913 bits per heavy atom. The Hall–Kier alpha value is -2.28. The normalized spacial score (nSPS) is 19.8. The maximum Gasteiger partial charge on any atom is 0.245 e. The summed E-state index contributed by atoms with van der Waals surface area (Å²) >= 11 is 0. The molecule has 0 radical (unpaired) electrons. The van der Waals surface area contributed by atoms with Gasteiger partial charge in [0, 0.05) is 40.9 Å². The highest BCUT2D eigenvalue weighted by Crippen LogP contribution is 2.29. The molecular weight excluding hydrogens is 588 g/mol. The molecule has 0 bridgehead atoms. The topological polar surface area (TPSA) is 133 Å². The van der Waals surface area contributed by atoms with E-state index >= 15 is 0 Å². The van der Waals surface area contributed by atoms with E-state index in [1.54, 1.807) is 26.2 Å². The third-order valence-corrected chi connectivity index (χ3v) is 9.62. The Morgan fingerprint density at radius 3 is 2.02 bits per heavy atom. The summed E-state index contributed by atoms with van der Waals surface area (Å²) < 4.78 is 11.8. The van der Waals surface area contributed by atoms with Crippen LogP contribution in [0.2, 0.25) is 0 Å². The van der Waals surface area contributed by atoms with Gasteiger partial charge < -0.3 is 35.2 Å². The second-order valence-corrected chi connectivity index (χ2v) is 13.9. The molecule has 0 aromatic rings. The lowest BCUT2D eigenvalue weighted by Crippen LogP contribution is -2.59. The van der Waals surface area contributed by atoms with Crippen LogP contribution in [0.15, 0.2) is 0 Å². The number of carbonyl (C=O) groups excluding carboxylic acids is 4. The summed E-state index contributed by atoms with van der Waals surface area (Å²) in [6.45, 7) is 15.5. The predicted molar refractivity (Wildman–Crippen MR) is 182 cm³/mol. The molecule has 0 aromatic heterocycles. The van der Waals surface area contributed by atoms with E-state index in [0.717, 1.165) is 19.3 Å². The molecule has 1 saturated heterocycles. The van der Waals surface area contributed by atoms with Gasteiger partial charge in [0.15, 0.2) is 0 Å². The largest absolute Gasteiger partial charge is 0.379 e. The molecule has 268 valence electrons. The quantitative estimate of drug-likeness (QED) is 0.170. The zero-order valence-electron chi connectivity index (χ0n) is 31.0. The number of likely N-dealkylation sites (N-methyl/N-ethyl adjacent to an activating group) is 3. The van der Waals surface area contributed by atoms with E-state index in [9.17, 15) is 19.2 Å². The average molecular weight is 655 g/mol. The summed E-state index contributed by atoms with van der Waals surface area (Å²) in [6, 6.07) is -1.76. The summed E-state index contributed by atoms with van der Waals surface area (Å²) in [5, 5.41) is 8.99. The minimum Gasteiger partial charge on any atom is -0.379 e. The molecule has 1 aliphatic heterocycles. The molecule has 12 nitrogen and oxygen atoms in total. The lowest BCUT2D eigenvalue weighted by Gasteiger charge is -2.41. The molecule has 1 unspecified atom stereocenters. The summed E-state index contributed by atoms with van der Waals surface area (Å²) in [7, 11) is 10.5. The van der Waals surface area contributed by atoms with Crippen LogP contribution in [0.4, 0.5) is 0 Å². The van der Waals surface area contributed by atoms with Crippen molar-refractivity contribution in [1.29, 1.82) is 0 Å². The van der Waals surface area contributed by atoms with Crippen LogP contribution >= 0.6 is 0 Å². The van der Waals surface area contributed by atoms with E-state index in [1.807, 2.05) is 65.6 Å². The molecule has 0 spiro atoms. The molecule has 1 rings (SSSR count). The van der Waals surface area contributed by atoms with Crippen LogP contribution in [0, 0.1) is 23.7 Å². The van der Waals surface area contributed by atoms with E-state index < -0.39 is 30.2 Å². The fraction of sp³-hybridized carbons (Fsp3) is 0.882. The van der Waals surface area contributed by atoms with Crippen LogP contribution in [-0.2, 0) is 28.7 Å².